The van der Waals surface area contributed by atoms with E-state index in [9.17, 15) is 9.90 Å². The number of aromatic hydroxyl groups is 1. The Balaban J connectivity index is 1.96. The summed E-state index contributed by atoms with van der Waals surface area (Å²) in [6.45, 7) is 16.6. The molecule has 172 valence electrons. The van der Waals surface area contributed by atoms with Crippen LogP contribution in [0.5, 0.6) is 5.75 Å². The summed E-state index contributed by atoms with van der Waals surface area (Å²) in [5.74, 6) is 0.335. The maximum absolute atomic E-state index is 12.8. The van der Waals surface area contributed by atoms with E-state index >= 15 is 0 Å². The average molecular weight is 436 g/mol. The van der Waals surface area contributed by atoms with Gasteiger partial charge in [0.25, 0.3) is 5.91 Å². The van der Waals surface area contributed by atoms with Crippen molar-refractivity contribution in [1.82, 2.24) is 14.7 Å². The molecule has 0 aliphatic carbocycles. The van der Waals surface area contributed by atoms with Crippen molar-refractivity contribution in [2.45, 2.75) is 45.8 Å². The average Bonchev–Trinajstić information content (AvgIpc) is 2.78. The van der Waals surface area contributed by atoms with Crippen LogP contribution in [0.3, 0.4) is 0 Å². The van der Waals surface area contributed by atoms with E-state index < -0.39 is 0 Å². The van der Waals surface area contributed by atoms with Crippen LogP contribution in [0.15, 0.2) is 61.2 Å². The molecule has 5 nitrogen and oxygen atoms in total. The Morgan fingerprint density at radius 1 is 1.09 bits per heavy atom. The van der Waals surface area contributed by atoms with E-state index in [1.165, 1.54) is 0 Å². The first-order valence-electron chi connectivity index (χ1n) is 11.7. The number of carbonyl (C=O) groups is 1. The number of hydrogen-bond donors (Lipinski definition) is 1. The lowest BCUT2D eigenvalue weighted by Crippen LogP contribution is -2.57. The first-order valence-corrected chi connectivity index (χ1v) is 11.7. The van der Waals surface area contributed by atoms with Crippen molar-refractivity contribution >= 4 is 5.91 Å². The van der Waals surface area contributed by atoms with Gasteiger partial charge in [-0.1, -0.05) is 30.3 Å². The quantitative estimate of drug-likeness (QED) is 0.618. The van der Waals surface area contributed by atoms with Gasteiger partial charge in [-0.25, -0.2) is 0 Å². The molecule has 1 aliphatic heterocycles. The Morgan fingerprint density at radius 2 is 1.78 bits per heavy atom. The summed E-state index contributed by atoms with van der Waals surface area (Å²) < 4.78 is 0. The fraction of sp³-hybridized carbons (Fsp3) is 0.444. The maximum Gasteiger partial charge on any atom is 0.253 e. The highest BCUT2D eigenvalue weighted by atomic mass is 16.3. The molecule has 3 rings (SSSR count). The van der Waals surface area contributed by atoms with E-state index in [0.29, 0.717) is 30.7 Å². The molecular formula is C27H37N3O2. The van der Waals surface area contributed by atoms with Gasteiger partial charge in [-0.3, -0.25) is 14.6 Å². The highest BCUT2D eigenvalue weighted by Gasteiger charge is 2.34. The minimum atomic E-state index is 0.00281. The van der Waals surface area contributed by atoms with Gasteiger partial charge in [0.1, 0.15) is 5.75 Å². The van der Waals surface area contributed by atoms with Gasteiger partial charge in [0.15, 0.2) is 0 Å². The van der Waals surface area contributed by atoms with Crippen molar-refractivity contribution in [1.29, 1.82) is 0 Å². The summed E-state index contributed by atoms with van der Waals surface area (Å²) >= 11 is 0. The molecule has 1 heterocycles. The second kappa shape index (κ2) is 10.8. The van der Waals surface area contributed by atoms with Crippen molar-refractivity contribution in [3.05, 3.63) is 77.9 Å². The van der Waals surface area contributed by atoms with Gasteiger partial charge >= 0.3 is 0 Å². The van der Waals surface area contributed by atoms with E-state index in [0.717, 1.165) is 30.8 Å². The SMILES string of the molecule is C=CCN1C[C@H](C)N([C@@H](c2ccc(C(=O)N(CC)CC)cc2)c2cccc(O)c2)C[C@@H]1C. The molecule has 32 heavy (non-hydrogen) atoms. The molecule has 2 aromatic carbocycles. The molecular weight excluding hydrogens is 398 g/mol. The van der Waals surface area contributed by atoms with E-state index in [1.807, 2.05) is 49.1 Å². The van der Waals surface area contributed by atoms with E-state index in [2.05, 4.69) is 48.4 Å². The van der Waals surface area contributed by atoms with Gasteiger partial charge in [0, 0.05) is 50.4 Å². The number of carbonyl (C=O) groups excluding carboxylic acids is 1. The standard InChI is InChI=1S/C27H37N3O2/c1-6-16-29-18-21(5)30(19-20(29)4)26(24-10-9-11-25(31)17-24)22-12-14-23(15-13-22)27(32)28(7-2)8-3/h6,9-15,17,20-21,26,31H,1,7-8,16,18-19H2,2-5H3/t20-,21-,26-/m0/s1. The summed E-state index contributed by atoms with van der Waals surface area (Å²) in [7, 11) is 0. The van der Waals surface area contributed by atoms with E-state index in [1.54, 1.807) is 6.07 Å². The fourth-order valence-corrected chi connectivity index (χ4v) is 4.78. The van der Waals surface area contributed by atoms with Crippen LogP contribution in [-0.4, -0.2) is 70.5 Å². The monoisotopic (exact) mass is 435 g/mol. The molecule has 1 saturated heterocycles. The van der Waals surface area contributed by atoms with Gasteiger partial charge in [-0.2, -0.15) is 0 Å². The van der Waals surface area contributed by atoms with Gasteiger partial charge in [0.05, 0.1) is 6.04 Å². The zero-order valence-electron chi connectivity index (χ0n) is 19.9. The number of piperazine rings is 1. The molecule has 1 amide bonds. The minimum Gasteiger partial charge on any atom is -0.508 e. The lowest BCUT2D eigenvalue weighted by atomic mass is 9.92. The first kappa shape index (κ1) is 24.0. The van der Waals surface area contributed by atoms with E-state index in [-0.39, 0.29) is 17.7 Å². The molecule has 0 bridgehead atoms. The maximum atomic E-state index is 12.8. The Labute approximate surface area is 193 Å². The smallest absolute Gasteiger partial charge is 0.253 e. The predicted octanol–water partition coefficient (Wildman–Crippen LogP) is 4.54. The molecule has 0 spiro atoms. The molecule has 0 aromatic heterocycles. The van der Waals surface area contributed by atoms with Crippen LogP contribution in [0.2, 0.25) is 0 Å². The number of benzene rings is 2. The number of phenols is 1. The lowest BCUT2D eigenvalue weighted by Gasteiger charge is -2.47. The van der Waals surface area contributed by atoms with Crippen LogP contribution in [0.1, 0.15) is 55.2 Å². The minimum absolute atomic E-state index is 0.00281. The van der Waals surface area contributed by atoms with Crippen LogP contribution < -0.4 is 0 Å². The van der Waals surface area contributed by atoms with Crippen LogP contribution >= 0.6 is 0 Å². The Bertz CT molecular complexity index is 907. The van der Waals surface area contributed by atoms with E-state index in [4.69, 9.17) is 0 Å². The third kappa shape index (κ3) is 5.22. The van der Waals surface area contributed by atoms with Gasteiger partial charge in [-0.15, -0.1) is 6.58 Å². The number of rotatable bonds is 8. The largest absolute Gasteiger partial charge is 0.508 e. The molecule has 1 aliphatic rings. The molecule has 1 fully saturated rings. The molecule has 5 heteroatoms. The third-order valence-electron chi connectivity index (χ3n) is 6.57. The number of amides is 1. The highest BCUT2D eigenvalue weighted by Crippen LogP contribution is 2.34. The molecule has 1 N–H and O–H groups in total. The van der Waals surface area contributed by atoms with Crippen LogP contribution in [0.25, 0.3) is 0 Å². The first-order chi connectivity index (χ1) is 15.4. The molecule has 0 saturated carbocycles. The number of hydrogen-bond acceptors (Lipinski definition) is 4. The Kier molecular flexibility index (Phi) is 8.10. The van der Waals surface area contributed by atoms with Crippen molar-refractivity contribution < 1.29 is 9.90 Å². The summed E-state index contributed by atoms with van der Waals surface area (Å²) in [6, 6.07) is 16.3. The van der Waals surface area contributed by atoms with Crippen LogP contribution in [0, 0.1) is 0 Å². The highest BCUT2D eigenvalue weighted by molar-refractivity contribution is 5.94. The summed E-state index contributed by atoms with van der Waals surface area (Å²) in [6.07, 6.45) is 1.97. The fourth-order valence-electron chi connectivity index (χ4n) is 4.78. The molecule has 0 unspecified atom stereocenters. The zero-order valence-corrected chi connectivity index (χ0v) is 19.9. The second-order valence-corrected chi connectivity index (χ2v) is 8.73. The number of nitrogens with zero attached hydrogens (tertiary/aromatic N) is 3. The topological polar surface area (TPSA) is 47.0 Å². The number of phenolic OH excluding ortho intramolecular Hbond substituents is 1. The summed E-state index contributed by atoms with van der Waals surface area (Å²) in [5, 5.41) is 10.2. The molecule has 2 aromatic rings. The predicted molar refractivity (Wildman–Crippen MR) is 131 cm³/mol. The van der Waals surface area contributed by atoms with Crippen molar-refractivity contribution in [3.63, 3.8) is 0 Å². The molecule has 3 atom stereocenters. The third-order valence-corrected chi connectivity index (χ3v) is 6.57. The normalized spacial score (nSPS) is 20.6. The van der Waals surface area contributed by atoms with Crippen molar-refractivity contribution in [2.24, 2.45) is 0 Å². The summed E-state index contributed by atoms with van der Waals surface area (Å²) in [4.78, 5) is 19.6. The van der Waals surface area contributed by atoms with Crippen LogP contribution in [0.4, 0.5) is 0 Å². The second-order valence-electron chi connectivity index (χ2n) is 8.73. The van der Waals surface area contributed by atoms with Crippen molar-refractivity contribution in [2.75, 3.05) is 32.7 Å². The van der Waals surface area contributed by atoms with Gasteiger partial charge < -0.3 is 10.0 Å². The molecule has 0 radical (unpaired) electrons. The lowest BCUT2D eigenvalue weighted by molar-refractivity contribution is 0.0306. The zero-order chi connectivity index (χ0) is 23.3. The van der Waals surface area contributed by atoms with Gasteiger partial charge in [0.2, 0.25) is 0 Å². The van der Waals surface area contributed by atoms with Crippen molar-refractivity contribution in [3.8, 4) is 5.75 Å². The Morgan fingerprint density at radius 3 is 2.38 bits per heavy atom. The van der Waals surface area contributed by atoms with Crippen LogP contribution in [-0.2, 0) is 0 Å². The van der Waals surface area contributed by atoms with Gasteiger partial charge in [-0.05, 0) is 63.1 Å². The Hall–Kier alpha value is -2.63. The summed E-state index contributed by atoms with van der Waals surface area (Å²) in [5.41, 5.74) is 2.90.